The number of nitrogens with zero attached hydrogens (tertiary/aromatic N) is 4. The molecule has 2 aromatic heterocycles. The molecule has 0 aliphatic heterocycles. The van der Waals surface area contributed by atoms with Gasteiger partial charge in [-0.05, 0) is 12.1 Å². The van der Waals surface area contributed by atoms with E-state index < -0.39 is 0 Å². The Kier molecular flexibility index (Phi) is 3.09. The standard InChI is InChI=1S/C11H10ClN5OS/c1-18-5-8-14-15-11-17(8)16-10(19-11)6-3-2-4-7(12)9(6)13/h2-4H,5,13H2,1H3. The van der Waals surface area contributed by atoms with E-state index in [2.05, 4.69) is 15.3 Å². The molecule has 0 saturated heterocycles. The van der Waals surface area contributed by atoms with Crippen molar-refractivity contribution >= 4 is 33.6 Å². The van der Waals surface area contributed by atoms with Crippen molar-refractivity contribution in [3.8, 4) is 10.6 Å². The van der Waals surface area contributed by atoms with Gasteiger partial charge in [0.1, 0.15) is 11.6 Å². The second kappa shape index (κ2) is 4.76. The first kappa shape index (κ1) is 12.3. The van der Waals surface area contributed by atoms with Crippen LogP contribution in [0.1, 0.15) is 5.82 Å². The summed E-state index contributed by atoms with van der Waals surface area (Å²) >= 11 is 7.42. The van der Waals surface area contributed by atoms with Crippen LogP contribution in [0.15, 0.2) is 18.2 Å². The van der Waals surface area contributed by atoms with Crippen LogP contribution < -0.4 is 5.73 Å². The summed E-state index contributed by atoms with van der Waals surface area (Å²) in [5.74, 6) is 0.653. The van der Waals surface area contributed by atoms with E-state index in [1.807, 2.05) is 12.1 Å². The van der Waals surface area contributed by atoms with Gasteiger partial charge in [-0.3, -0.25) is 0 Å². The van der Waals surface area contributed by atoms with E-state index in [9.17, 15) is 0 Å². The van der Waals surface area contributed by atoms with E-state index in [0.717, 1.165) is 10.6 Å². The largest absolute Gasteiger partial charge is 0.397 e. The molecule has 3 aromatic rings. The molecule has 0 unspecified atom stereocenters. The Bertz CT molecular complexity index is 738. The number of rotatable bonds is 3. The van der Waals surface area contributed by atoms with Crippen molar-refractivity contribution in [2.75, 3.05) is 12.8 Å². The second-order valence-electron chi connectivity index (χ2n) is 3.85. The predicted molar refractivity (Wildman–Crippen MR) is 74.2 cm³/mol. The van der Waals surface area contributed by atoms with Gasteiger partial charge in [0, 0.05) is 12.7 Å². The summed E-state index contributed by atoms with van der Waals surface area (Å²) in [6.45, 7) is 0.357. The van der Waals surface area contributed by atoms with Crippen LogP contribution in [0.4, 0.5) is 5.69 Å². The van der Waals surface area contributed by atoms with Gasteiger partial charge in [-0.2, -0.15) is 9.61 Å². The third kappa shape index (κ3) is 2.05. The fraction of sp³-hybridized carbons (Fsp3) is 0.182. The molecule has 19 heavy (non-hydrogen) atoms. The molecule has 0 radical (unpaired) electrons. The fourth-order valence-electron chi connectivity index (χ4n) is 1.71. The molecule has 3 rings (SSSR count). The van der Waals surface area contributed by atoms with Crippen LogP contribution in [0, 0.1) is 0 Å². The summed E-state index contributed by atoms with van der Waals surface area (Å²) in [5, 5.41) is 13.8. The molecule has 6 nitrogen and oxygen atoms in total. The van der Waals surface area contributed by atoms with Gasteiger partial charge >= 0.3 is 0 Å². The number of benzene rings is 1. The molecule has 0 aliphatic rings. The molecule has 2 N–H and O–H groups in total. The van der Waals surface area contributed by atoms with Crippen LogP contribution in [0.3, 0.4) is 0 Å². The van der Waals surface area contributed by atoms with Gasteiger partial charge in [-0.15, -0.1) is 10.2 Å². The minimum Gasteiger partial charge on any atom is -0.397 e. The third-order valence-corrected chi connectivity index (χ3v) is 3.87. The molecule has 0 saturated carbocycles. The highest BCUT2D eigenvalue weighted by molar-refractivity contribution is 7.19. The molecular formula is C11H10ClN5OS. The van der Waals surface area contributed by atoms with Gasteiger partial charge in [-0.1, -0.05) is 29.0 Å². The smallest absolute Gasteiger partial charge is 0.235 e. The van der Waals surface area contributed by atoms with Crippen molar-refractivity contribution < 1.29 is 4.74 Å². The first-order valence-corrected chi connectivity index (χ1v) is 6.64. The molecule has 0 fully saturated rings. The number of fused-ring (bicyclic) bond motifs is 1. The van der Waals surface area contributed by atoms with Gasteiger partial charge < -0.3 is 10.5 Å². The lowest BCUT2D eigenvalue weighted by molar-refractivity contribution is 0.176. The highest BCUT2D eigenvalue weighted by Crippen LogP contribution is 2.33. The Morgan fingerprint density at radius 3 is 3.05 bits per heavy atom. The van der Waals surface area contributed by atoms with E-state index in [4.69, 9.17) is 22.1 Å². The monoisotopic (exact) mass is 295 g/mol. The minimum atomic E-state index is 0.357. The lowest BCUT2D eigenvalue weighted by Crippen LogP contribution is -1.98. The summed E-state index contributed by atoms with van der Waals surface area (Å²) < 4.78 is 6.70. The first-order valence-electron chi connectivity index (χ1n) is 5.45. The zero-order chi connectivity index (χ0) is 13.4. The predicted octanol–water partition coefficient (Wildman–Crippen LogP) is 2.23. The number of para-hydroxylation sites is 1. The Labute approximate surface area is 117 Å². The van der Waals surface area contributed by atoms with Crippen molar-refractivity contribution in [1.82, 2.24) is 19.8 Å². The molecule has 0 atom stereocenters. The lowest BCUT2D eigenvalue weighted by Gasteiger charge is -2.02. The molecule has 0 spiro atoms. The number of ether oxygens (including phenoxy) is 1. The molecular weight excluding hydrogens is 286 g/mol. The first-order chi connectivity index (χ1) is 9.20. The van der Waals surface area contributed by atoms with Crippen molar-refractivity contribution in [2.45, 2.75) is 6.61 Å². The maximum atomic E-state index is 6.01. The number of anilines is 1. The van der Waals surface area contributed by atoms with E-state index in [1.165, 1.54) is 11.3 Å². The molecule has 1 aromatic carbocycles. The summed E-state index contributed by atoms with van der Waals surface area (Å²) in [6, 6.07) is 5.46. The highest BCUT2D eigenvalue weighted by Gasteiger charge is 2.15. The van der Waals surface area contributed by atoms with Crippen molar-refractivity contribution in [3.05, 3.63) is 29.0 Å². The number of hydrogen-bond donors (Lipinski definition) is 1. The Morgan fingerprint density at radius 2 is 2.26 bits per heavy atom. The maximum absolute atomic E-state index is 6.01. The van der Waals surface area contributed by atoms with Crippen LogP contribution in [0.2, 0.25) is 5.02 Å². The summed E-state index contributed by atoms with van der Waals surface area (Å²) in [4.78, 5) is 0.696. The number of methoxy groups -OCH3 is 1. The highest BCUT2D eigenvalue weighted by atomic mass is 35.5. The molecule has 0 aliphatic carbocycles. The normalized spacial score (nSPS) is 11.3. The fourth-order valence-corrected chi connectivity index (χ4v) is 2.78. The Morgan fingerprint density at radius 1 is 1.42 bits per heavy atom. The molecule has 0 amide bonds. The van der Waals surface area contributed by atoms with E-state index in [0.29, 0.717) is 28.1 Å². The molecule has 98 valence electrons. The zero-order valence-corrected chi connectivity index (χ0v) is 11.6. The summed E-state index contributed by atoms with van der Waals surface area (Å²) in [5.41, 5.74) is 7.28. The zero-order valence-electron chi connectivity index (χ0n) is 10.00. The van der Waals surface area contributed by atoms with Crippen LogP contribution in [-0.4, -0.2) is 26.9 Å². The van der Waals surface area contributed by atoms with Crippen LogP contribution in [0.5, 0.6) is 0 Å². The quantitative estimate of drug-likeness (QED) is 0.750. The summed E-state index contributed by atoms with van der Waals surface area (Å²) in [6.07, 6.45) is 0. The van der Waals surface area contributed by atoms with Gasteiger partial charge in [0.15, 0.2) is 5.82 Å². The lowest BCUT2D eigenvalue weighted by atomic mass is 10.2. The molecule has 2 heterocycles. The van der Waals surface area contributed by atoms with E-state index in [-0.39, 0.29) is 0 Å². The summed E-state index contributed by atoms with van der Waals surface area (Å²) in [7, 11) is 1.60. The molecule has 8 heteroatoms. The average Bonchev–Trinajstić information content (AvgIpc) is 2.95. The van der Waals surface area contributed by atoms with Gasteiger partial charge in [0.05, 0.1) is 10.7 Å². The van der Waals surface area contributed by atoms with Crippen LogP contribution in [-0.2, 0) is 11.3 Å². The van der Waals surface area contributed by atoms with Crippen molar-refractivity contribution in [1.29, 1.82) is 0 Å². The third-order valence-electron chi connectivity index (χ3n) is 2.61. The molecule has 0 bridgehead atoms. The number of hydrogen-bond acceptors (Lipinski definition) is 6. The van der Waals surface area contributed by atoms with E-state index in [1.54, 1.807) is 17.7 Å². The van der Waals surface area contributed by atoms with Crippen molar-refractivity contribution in [3.63, 3.8) is 0 Å². The van der Waals surface area contributed by atoms with E-state index >= 15 is 0 Å². The number of nitrogen functional groups attached to an aromatic ring is 1. The van der Waals surface area contributed by atoms with Gasteiger partial charge in [0.25, 0.3) is 0 Å². The van der Waals surface area contributed by atoms with Crippen LogP contribution >= 0.6 is 22.9 Å². The van der Waals surface area contributed by atoms with Crippen molar-refractivity contribution in [2.24, 2.45) is 0 Å². The Balaban J connectivity index is 2.13. The minimum absolute atomic E-state index is 0.357. The Hall–Kier alpha value is -1.70. The van der Waals surface area contributed by atoms with Crippen LogP contribution in [0.25, 0.3) is 15.5 Å². The maximum Gasteiger partial charge on any atom is 0.235 e. The van der Waals surface area contributed by atoms with Gasteiger partial charge in [-0.25, -0.2) is 0 Å². The number of nitrogens with two attached hydrogens (primary N) is 1. The topological polar surface area (TPSA) is 78.3 Å². The number of aromatic nitrogens is 4. The number of halogens is 1. The SMILES string of the molecule is COCc1nnc2sc(-c3cccc(Cl)c3N)nn12. The average molecular weight is 296 g/mol. The van der Waals surface area contributed by atoms with Gasteiger partial charge in [0.2, 0.25) is 4.96 Å². The second-order valence-corrected chi connectivity index (χ2v) is 5.22.